The highest BCUT2D eigenvalue weighted by molar-refractivity contribution is 5.71. The summed E-state index contributed by atoms with van der Waals surface area (Å²) in [5.74, 6) is -0.833. The van der Waals surface area contributed by atoms with E-state index in [1.54, 1.807) is 0 Å². The first-order chi connectivity index (χ1) is 6.74. The van der Waals surface area contributed by atoms with Gasteiger partial charge in [0.1, 0.15) is 0 Å². The van der Waals surface area contributed by atoms with Gasteiger partial charge in [-0.15, -0.1) is 0 Å². The summed E-state index contributed by atoms with van der Waals surface area (Å²) in [6.45, 7) is 1.22. The van der Waals surface area contributed by atoms with Crippen LogP contribution in [0.15, 0.2) is 36.9 Å². The van der Waals surface area contributed by atoms with Gasteiger partial charge >= 0.3 is 5.97 Å². The maximum absolute atomic E-state index is 10.4. The van der Waals surface area contributed by atoms with Gasteiger partial charge in [0.15, 0.2) is 0 Å². The van der Waals surface area contributed by atoms with E-state index >= 15 is 0 Å². The van der Waals surface area contributed by atoms with Gasteiger partial charge in [0, 0.05) is 6.42 Å². The molecule has 13 heavy (non-hydrogen) atoms. The average Bonchev–Trinajstić information content (AvgIpc) is 2.20. The fraction of sp³-hybridized carbons (Fsp3) is 0.182. The second-order valence-corrected chi connectivity index (χ2v) is 2.79. The number of benzene rings is 1. The summed E-state index contributed by atoms with van der Waals surface area (Å²) >= 11 is 0. The first kappa shape index (κ1) is 8.05. The molecule has 68 valence electrons. The van der Waals surface area contributed by atoms with E-state index in [4.69, 9.17) is 6.48 Å². The van der Waals surface area contributed by atoms with Crippen LogP contribution in [0.2, 0.25) is 0 Å². The summed E-state index contributed by atoms with van der Waals surface area (Å²) in [6.07, 6.45) is 0.475. The molecule has 0 aromatic heterocycles. The second-order valence-electron chi connectivity index (χ2n) is 2.79. The Morgan fingerprint density at radius 3 is 2.62 bits per heavy atom. The van der Waals surface area contributed by atoms with Crippen molar-refractivity contribution in [1.29, 1.82) is 0 Å². The molecule has 0 atom stereocenters. The van der Waals surface area contributed by atoms with E-state index in [1.807, 2.05) is 30.3 Å². The maximum atomic E-state index is 10.4. The van der Waals surface area contributed by atoms with E-state index < -0.39 is 5.97 Å². The number of carboxylic acids is 1. The normalized spacial score (nSPS) is 12.3. The van der Waals surface area contributed by atoms with Crippen LogP contribution >= 0.6 is 0 Å². The molecule has 1 aromatic carbocycles. The van der Waals surface area contributed by atoms with Crippen LogP contribution in [-0.2, 0) is 4.79 Å². The summed E-state index contributed by atoms with van der Waals surface area (Å²) in [5, 5.41) is 8.52. The van der Waals surface area contributed by atoms with Crippen molar-refractivity contribution in [3.63, 3.8) is 0 Å². The maximum Gasteiger partial charge on any atom is 0.303 e. The van der Waals surface area contributed by atoms with Crippen molar-refractivity contribution in [3.05, 3.63) is 42.5 Å². The van der Waals surface area contributed by atoms with Crippen molar-refractivity contribution >= 4 is 11.5 Å². The van der Waals surface area contributed by atoms with Gasteiger partial charge in [0.2, 0.25) is 0 Å². The highest BCUT2D eigenvalue weighted by Crippen LogP contribution is 2.16. The molecule has 1 rings (SSSR count). The zero-order valence-electron chi connectivity index (χ0n) is 8.23. The predicted octanol–water partition coefficient (Wildman–Crippen LogP) is 2.56. The highest BCUT2D eigenvalue weighted by atomic mass is 16.4. The number of allylic oxidation sites excluding steroid dienone is 1. The van der Waals surface area contributed by atoms with Crippen molar-refractivity contribution in [2.24, 2.45) is 0 Å². The average molecular weight is 177 g/mol. The van der Waals surface area contributed by atoms with Gasteiger partial charge in [0.25, 0.3) is 0 Å². The van der Waals surface area contributed by atoms with E-state index in [9.17, 15) is 4.79 Å². The Balaban J connectivity index is 2.69. The topological polar surface area (TPSA) is 37.3 Å². The van der Waals surface area contributed by atoms with Gasteiger partial charge in [-0.2, -0.15) is 0 Å². The van der Waals surface area contributed by atoms with Crippen LogP contribution in [0.3, 0.4) is 0 Å². The Bertz CT molecular complexity index is 330. The quantitative estimate of drug-likeness (QED) is 0.767. The zero-order chi connectivity index (χ0) is 10.4. The molecule has 0 aliphatic heterocycles. The number of rotatable bonds is 4. The smallest absolute Gasteiger partial charge is 0.303 e. The monoisotopic (exact) mass is 177 g/mol. The molecule has 2 heteroatoms. The predicted molar refractivity (Wildman–Crippen MR) is 52.3 cm³/mol. The van der Waals surface area contributed by atoms with Gasteiger partial charge in [-0.1, -0.05) is 36.9 Å². The molecular weight excluding hydrogens is 164 g/mol. The lowest BCUT2D eigenvalue weighted by atomic mass is 10.0. The standard InChI is InChI=1S/C11H12O2/c1-9(7-8-11(12)13)10-5-3-2-4-6-10/h2-6H,1,7-8H2,(H,12,13)/i1D. The van der Waals surface area contributed by atoms with Gasteiger partial charge in [-0.05, 0) is 17.6 Å². The highest BCUT2D eigenvalue weighted by Gasteiger charge is 2.01. The Kier molecular flexibility index (Phi) is 2.76. The Morgan fingerprint density at radius 2 is 2.08 bits per heavy atom. The van der Waals surface area contributed by atoms with Crippen molar-refractivity contribution in [2.45, 2.75) is 12.8 Å². The lowest BCUT2D eigenvalue weighted by Gasteiger charge is -2.02. The van der Waals surface area contributed by atoms with Crippen LogP contribution in [0.25, 0.3) is 5.57 Å². The third-order valence-electron chi connectivity index (χ3n) is 1.75. The molecule has 0 aliphatic carbocycles. The van der Waals surface area contributed by atoms with E-state index in [0.717, 1.165) is 11.1 Å². The van der Waals surface area contributed by atoms with E-state index in [2.05, 4.69) is 0 Å². The summed E-state index contributed by atoms with van der Waals surface area (Å²) in [7, 11) is 0. The summed E-state index contributed by atoms with van der Waals surface area (Å²) in [5.41, 5.74) is 1.68. The number of hydrogen-bond donors (Lipinski definition) is 1. The first-order valence-corrected chi connectivity index (χ1v) is 4.08. The third kappa shape index (κ3) is 3.11. The summed E-state index contributed by atoms with van der Waals surface area (Å²) in [6, 6.07) is 9.39. The fourth-order valence-corrected chi connectivity index (χ4v) is 1.04. The van der Waals surface area contributed by atoms with E-state index in [-0.39, 0.29) is 6.42 Å². The van der Waals surface area contributed by atoms with Crippen molar-refractivity contribution in [3.8, 4) is 0 Å². The molecule has 0 aliphatic rings. The fourth-order valence-electron chi connectivity index (χ4n) is 1.04. The van der Waals surface area contributed by atoms with Crippen LogP contribution in [0.1, 0.15) is 19.8 Å². The summed E-state index contributed by atoms with van der Waals surface area (Å²) < 4.78 is 7.19. The Morgan fingerprint density at radius 1 is 1.38 bits per heavy atom. The number of carboxylic acid groups (broad SMARTS) is 1. The van der Waals surface area contributed by atoms with Crippen LogP contribution in [0.4, 0.5) is 0 Å². The summed E-state index contributed by atoms with van der Waals surface area (Å²) in [4.78, 5) is 10.4. The van der Waals surface area contributed by atoms with Crippen molar-refractivity contribution in [1.82, 2.24) is 0 Å². The molecule has 0 saturated carbocycles. The lowest BCUT2D eigenvalue weighted by molar-refractivity contribution is -0.136. The molecule has 0 bridgehead atoms. The molecule has 1 aromatic rings. The largest absolute Gasteiger partial charge is 0.481 e. The van der Waals surface area contributed by atoms with Crippen molar-refractivity contribution < 1.29 is 11.3 Å². The van der Waals surface area contributed by atoms with Gasteiger partial charge < -0.3 is 5.11 Å². The van der Waals surface area contributed by atoms with Crippen LogP contribution in [-0.4, -0.2) is 11.1 Å². The Hall–Kier alpha value is -1.57. The molecule has 0 unspecified atom stereocenters. The molecule has 2 nitrogen and oxygen atoms in total. The van der Waals surface area contributed by atoms with Crippen molar-refractivity contribution in [2.75, 3.05) is 0 Å². The minimum atomic E-state index is -0.833. The number of hydrogen-bond acceptors (Lipinski definition) is 1. The second kappa shape index (κ2) is 4.45. The SMILES string of the molecule is [2H]C=C(CCC(=O)O)c1ccccc1. The van der Waals surface area contributed by atoms with E-state index in [0.29, 0.717) is 6.42 Å². The molecule has 0 fully saturated rings. The molecule has 0 spiro atoms. The molecule has 0 amide bonds. The van der Waals surface area contributed by atoms with Gasteiger partial charge in [-0.3, -0.25) is 4.79 Å². The van der Waals surface area contributed by atoms with Crippen LogP contribution < -0.4 is 0 Å². The molecule has 1 N–H and O–H groups in total. The zero-order valence-corrected chi connectivity index (χ0v) is 7.23. The number of aliphatic carboxylic acids is 1. The molecule has 0 saturated heterocycles. The van der Waals surface area contributed by atoms with Crippen LogP contribution in [0.5, 0.6) is 0 Å². The molecular formula is C11H12O2. The van der Waals surface area contributed by atoms with Gasteiger partial charge in [-0.25, -0.2) is 0 Å². The van der Waals surface area contributed by atoms with E-state index in [1.165, 1.54) is 6.55 Å². The van der Waals surface area contributed by atoms with Crippen LogP contribution in [0, 0.1) is 0 Å². The first-order valence-electron chi connectivity index (χ1n) is 4.66. The molecule has 0 radical (unpaired) electrons. The third-order valence-corrected chi connectivity index (χ3v) is 1.75. The lowest BCUT2D eigenvalue weighted by Crippen LogP contribution is -1.94. The minimum Gasteiger partial charge on any atom is -0.481 e. The van der Waals surface area contributed by atoms with Gasteiger partial charge in [0.05, 0.1) is 1.37 Å². The Labute approximate surface area is 78.9 Å². The number of carbonyl (C=O) groups is 1. The molecule has 0 heterocycles. The minimum absolute atomic E-state index is 0.0691.